The molecule has 0 spiro atoms. The molecule has 0 aliphatic carbocycles. The van der Waals surface area contributed by atoms with E-state index in [0.29, 0.717) is 35.4 Å². The average Bonchev–Trinajstić information content (AvgIpc) is 2.73. The third-order valence-electron chi connectivity index (χ3n) is 4.39. The molecule has 0 aromatic heterocycles. The van der Waals surface area contributed by atoms with Gasteiger partial charge in [0.25, 0.3) is 0 Å². The van der Waals surface area contributed by atoms with Gasteiger partial charge in [-0.1, -0.05) is 23.7 Å². The van der Waals surface area contributed by atoms with Gasteiger partial charge in [-0.3, -0.25) is 0 Å². The lowest BCUT2D eigenvalue weighted by Gasteiger charge is -2.16. The third-order valence-corrected chi connectivity index (χ3v) is 5.67. The lowest BCUT2D eigenvalue weighted by molar-refractivity contribution is 0.269. The second-order valence-corrected chi connectivity index (χ2v) is 8.63. The molecule has 0 radical (unpaired) electrons. The second kappa shape index (κ2) is 10.00. The molecule has 0 saturated heterocycles. The van der Waals surface area contributed by atoms with Crippen LogP contribution in [0.2, 0.25) is 5.02 Å². The zero-order valence-electron chi connectivity index (χ0n) is 16.8. The van der Waals surface area contributed by atoms with Gasteiger partial charge in [0, 0.05) is 23.3 Å². The number of rotatable bonds is 9. The van der Waals surface area contributed by atoms with Crippen LogP contribution in [0.4, 0.5) is 10.1 Å². The molecule has 0 aliphatic heterocycles. The monoisotopic (exact) mass is 464 g/mol. The first-order valence-corrected chi connectivity index (χ1v) is 11.4. The predicted octanol–water partition coefficient (Wildman–Crippen LogP) is 4.72. The summed E-state index contributed by atoms with van der Waals surface area (Å²) in [6.45, 7) is 2.93. The van der Waals surface area contributed by atoms with E-state index in [0.717, 1.165) is 11.1 Å². The summed E-state index contributed by atoms with van der Waals surface area (Å²) in [5.74, 6) is 0.714. The molecule has 3 N–H and O–H groups in total. The first kappa shape index (κ1) is 22.9. The highest BCUT2D eigenvalue weighted by molar-refractivity contribution is 7.89. The van der Waals surface area contributed by atoms with E-state index >= 15 is 0 Å². The Balaban J connectivity index is 1.72. The minimum Gasteiger partial charge on any atom is -0.490 e. The molecule has 9 heteroatoms. The standard InChI is InChI=1S/C22H22ClFN2O4S/c1-2-29-21-11-16(13-26-18-7-9-19(10-8-18)31(25,27)28)20(23)12-22(21)30-14-15-3-5-17(24)6-4-15/h3-12,26H,2,13-14H2,1H3,(H2,25,27,28). The second-order valence-electron chi connectivity index (χ2n) is 6.66. The summed E-state index contributed by atoms with van der Waals surface area (Å²) >= 11 is 6.43. The molecule has 3 aromatic rings. The minimum absolute atomic E-state index is 0.0392. The molecule has 0 aliphatic rings. The van der Waals surface area contributed by atoms with Crippen LogP contribution < -0.4 is 19.9 Å². The lowest BCUT2D eigenvalue weighted by atomic mass is 10.2. The van der Waals surface area contributed by atoms with Gasteiger partial charge in [0.15, 0.2) is 11.5 Å². The van der Waals surface area contributed by atoms with Gasteiger partial charge in [-0.25, -0.2) is 17.9 Å². The summed E-state index contributed by atoms with van der Waals surface area (Å²) in [5.41, 5.74) is 2.29. The molecule has 0 amide bonds. The van der Waals surface area contributed by atoms with Crippen molar-refractivity contribution >= 4 is 27.3 Å². The molecule has 0 bridgehead atoms. The molecule has 0 saturated carbocycles. The molecule has 0 atom stereocenters. The van der Waals surface area contributed by atoms with E-state index in [-0.39, 0.29) is 17.3 Å². The van der Waals surface area contributed by atoms with Crippen LogP contribution in [0, 0.1) is 5.82 Å². The molecule has 6 nitrogen and oxygen atoms in total. The SMILES string of the molecule is CCOc1cc(CNc2ccc(S(N)(=O)=O)cc2)c(Cl)cc1OCc1ccc(F)cc1. The predicted molar refractivity (Wildman–Crippen MR) is 118 cm³/mol. The van der Waals surface area contributed by atoms with Crippen LogP contribution in [0.3, 0.4) is 0 Å². The Morgan fingerprint density at radius 2 is 1.65 bits per heavy atom. The maximum atomic E-state index is 13.1. The largest absolute Gasteiger partial charge is 0.490 e. The number of hydrogen-bond acceptors (Lipinski definition) is 5. The van der Waals surface area contributed by atoms with E-state index in [2.05, 4.69) is 5.32 Å². The summed E-state index contributed by atoms with van der Waals surface area (Å²) in [5, 5.41) is 8.77. The van der Waals surface area contributed by atoms with Gasteiger partial charge in [0.2, 0.25) is 10.0 Å². The van der Waals surface area contributed by atoms with Gasteiger partial charge in [-0.05, 0) is 60.5 Å². The maximum absolute atomic E-state index is 13.1. The van der Waals surface area contributed by atoms with Crippen LogP contribution in [-0.2, 0) is 23.2 Å². The van der Waals surface area contributed by atoms with Crippen molar-refractivity contribution in [2.75, 3.05) is 11.9 Å². The summed E-state index contributed by atoms with van der Waals surface area (Å²) in [7, 11) is -3.74. The summed E-state index contributed by atoms with van der Waals surface area (Å²) < 4.78 is 47.3. The van der Waals surface area contributed by atoms with Crippen molar-refractivity contribution in [1.29, 1.82) is 0 Å². The summed E-state index contributed by atoms with van der Waals surface area (Å²) in [4.78, 5) is 0.0392. The third kappa shape index (κ3) is 6.33. The number of ether oxygens (including phenoxy) is 2. The van der Waals surface area contributed by atoms with Crippen LogP contribution in [0.5, 0.6) is 11.5 Å². The fraction of sp³-hybridized carbons (Fsp3) is 0.182. The number of sulfonamides is 1. The Kier molecular flexibility index (Phi) is 7.37. The van der Waals surface area contributed by atoms with E-state index in [9.17, 15) is 12.8 Å². The van der Waals surface area contributed by atoms with Crippen LogP contribution in [0.25, 0.3) is 0 Å². The van der Waals surface area contributed by atoms with Crippen molar-refractivity contribution in [3.63, 3.8) is 0 Å². The van der Waals surface area contributed by atoms with E-state index in [1.165, 1.54) is 24.3 Å². The van der Waals surface area contributed by atoms with E-state index in [4.69, 9.17) is 26.2 Å². The molecule has 3 rings (SSSR count). The first-order chi connectivity index (χ1) is 14.8. The smallest absolute Gasteiger partial charge is 0.238 e. The normalized spacial score (nSPS) is 11.2. The van der Waals surface area contributed by atoms with Crippen LogP contribution in [0.15, 0.2) is 65.6 Å². The average molecular weight is 465 g/mol. The van der Waals surface area contributed by atoms with Crippen molar-refractivity contribution in [2.24, 2.45) is 5.14 Å². The summed E-state index contributed by atoms with van der Waals surface area (Å²) in [6, 6.07) is 15.6. The van der Waals surface area contributed by atoms with E-state index < -0.39 is 10.0 Å². The van der Waals surface area contributed by atoms with Gasteiger partial charge >= 0.3 is 0 Å². The summed E-state index contributed by atoms with van der Waals surface area (Å²) in [6.07, 6.45) is 0. The van der Waals surface area contributed by atoms with Gasteiger partial charge in [0.1, 0.15) is 12.4 Å². The number of hydrogen-bond donors (Lipinski definition) is 2. The number of primary sulfonamides is 1. The van der Waals surface area contributed by atoms with Gasteiger partial charge in [-0.15, -0.1) is 0 Å². The zero-order valence-corrected chi connectivity index (χ0v) is 18.3. The molecular formula is C22H22ClFN2O4S. The van der Waals surface area contributed by atoms with Crippen LogP contribution >= 0.6 is 11.6 Å². The fourth-order valence-electron chi connectivity index (χ4n) is 2.80. The Morgan fingerprint density at radius 1 is 1.00 bits per heavy atom. The molecular weight excluding hydrogens is 443 g/mol. The Bertz CT molecular complexity index is 1140. The zero-order chi connectivity index (χ0) is 22.4. The highest BCUT2D eigenvalue weighted by Gasteiger charge is 2.12. The first-order valence-electron chi connectivity index (χ1n) is 9.45. The Morgan fingerprint density at radius 3 is 2.26 bits per heavy atom. The topological polar surface area (TPSA) is 90.6 Å². The van der Waals surface area contributed by atoms with E-state index in [1.807, 2.05) is 6.92 Å². The van der Waals surface area contributed by atoms with Crippen LogP contribution in [0.1, 0.15) is 18.1 Å². The van der Waals surface area contributed by atoms with Crippen LogP contribution in [-0.4, -0.2) is 15.0 Å². The van der Waals surface area contributed by atoms with E-state index in [1.54, 1.807) is 36.4 Å². The van der Waals surface area contributed by atoms with Crippen molar-refractivity contribution in [1.82, 2.24) is 0 Å². The highest BCUT2D eigenvalue weighted by Crippen LogP contribution is 2.34. The van der Waals surface area contributed by atoms with Gasteiger partial charge < -0.3 is 14.8 Å². The quantitative estimate of drug-likeness (QED) is 0.478. The van der Waals surface area contributed by atoms with Crippen molar-refractivity contribution in [3.05, 3.63) is 82.6 Å². The minimum atomic E-state index is -3.74. The molecule has 31 heavy (non-hydrogen) atoms. The molecule has 0 fully saturated rings. The highest BCUT2D eigenvalue weighted by atomic mass is 35.5. The number of nitrogens with one attached hydrogen (secondary N) is 1. The van der Waals surface area contributed by atoms with Crippen molar-refractivity contribution in [3.8, 4) is 11.5 Å². The number of anilines is 1. The van der Waals surface area contributed by atoms with Crippen molar-refractivity contribution < 1.29 is 22.3 Å². The van der Waals surface area contributed by atoms with Gasteiger partial charge in [-0.2, -0.15) is 0 Å². The Labute approximate surface area is 185 Å². The maximum Gasteiger partial charge on any atom is 0.238 e. The number of halogens is 2. The molecule has 0 unspecified atom stereocenters. The molecule has 0 heterocycles. The lowest BCUT2D eigenvalue weighted by Crippen LogP contribution is -2.12. The van der Waals surface area contributed by atoms with Gasteiger partial charge in [0.05, 0.1) is 11.5 Å². The number of benzene rings is 3. The number of nitrogens with two attached hydrogens (primary N) is 1. The molecule has 164 valence electrons. The molecule has 3 aromatic carbocycles. The van der Waals surface area contributed by atoms with Crippen molar-refractivity contribution in [2.45, 2.75) is 25.0 Å². The fourth-order valence-corrected chi connectivity index (χ4v) is 3.53. The Hall–Kier alpha value is -2.81.